The molecule has 0 saturated heterocycles. The first-order valence-corrected chi connectivity index (χ1v) is 6.32. The van der Waals surface area contributed by atoms with E-state index in [1.165, 1.54) is 10.8 Å². The molecule has 21 heavy (non-hydrogen) atoms. The van der Waals surface area contributed by atoms with Gasteiger partial charge in [0, 0.05) is 18.9 Å². The number of nitrogens with one attached hydrogen (secondary N) is 1. The van der Waals surface area contributed by atoms with E-state index in [4.69, 9.17) is 5.11 Å². The molecule has 0 spiro atoms. The molecule has 1 rings (SSSR count). The minimum atomic E-state index is -0.932. The zero-order valence-electron chi connectivity index (χ0n) is 12.1. The number of carboxylic acid groups (broad SMARTS) is 1. The van der Waals surface area contributed by atoms with Crippen molar-refractivity contribution in [3.8, 4) is 0 Å². The summed E-state index contributed by atoms with van der Waals surface area (Å²) in [5.41, 5.74) is -0.671. The Morgan fingerprint density at radius 1 is 1.52 bits per heavy atom. The summed E-state index contributed by atoms with van der Waals surface area (Å²) in [5.74, 6) is -1.25. The van der Waals surface area contributed by atoms with E-state index in [1.54, 1.807) is 20.8 Å². The maximum absolute atomic E-state index is 11.9. The van der Waals surface area contributed by atoms with E-state index in [2.05, 4.69) is 10.3 Å². The predicted octanol–water partition coefficient (Wildman–Crippen LogP) is 0.859. The summed E-state index contributed by atoms with van der Waals surface area (Å²) in [6.07, 6.45) is 1.43. The number of carbonyl (C=O) groups is 2. The third kappa shape index (κ3) is 5.21. The number of carboxylic acids is 1. The lowest BCUT2D eigenvalue weighted by Crippen LogP contribution is -2.45. The zero-order valence-corrected chi connectivity index (χ0v) is 12.1. The molecule has 0 bridgehead atoms. The lowest BCUT2D eigenvalue weighted by atomic mass is 9.98. The highest BCUT2D eigenvalue weighted by molar-refractivity contribution is 5.76. The molecule has 0 atom stereocenters. The summed E-state index contributed by atoms with van der Waals surface area (Å²) in [5, 5.41) is 22.0. The number of rotatable bonds is 7. The Balaban J connectivity index is 2.65. The first kappa shape index (κ1) is 16.6. The van der Waals surface area contributed by atoms with Gasteiger partial charge in [-0.05, 0) is 30.2 Å². The number of imidazole rings is 1. The molecule has 1 amide bonds. The van der Waals surface area contributed by atoms with Crippen LogP contribution in [0.1, 0.15) is 32.5 Å². The Labute approximate surface area is 121 Å². The average molecular weight is 298 g/mol. The molecule has 9 heteroatoms. The van der Waals surface area contributed by atoms with E-state index in [0.29, 0.717) is 5.82 Å². The van der Waals surface area contributed by atoms with Gasteiger partial charge in [-0.2, -0.15) is 0 Å². The van der Waals surface area contributed by atoms with Crippen molar-refractivity contribution in [1.82, 2.24) is 14.9 Å². The normalized spacial score (nSPS) is 11.2. The van der Waals surface area contributed by atoms with Crippen LogP contribution in [0.4, 0.5) is 5.82 Å². The fourth-order valence-corrected chi connectivity index (χ4v) is 1.79. The lowest BCUT2D eigenvalue weighted by Gasteiger charge is -2.25. The number of nitrogens with zero attached hydrogens (tertiary/aromatic N) is 3. The first-order valence-electron chi connectivity index (χ1n) is 6.32. The van der Waals surface area contributed by atoms with E-state index >= 15 is 0 Å². The molecule has 0 fully saturated rings. The standard InChI is InChI=1S/C12H18N4O5/c1-8-13-9(16(20)21)6-15(8)7-10(17)14-12(2,3)5-4-11(18)19/h6H,4-5,7H2,1-3H3,(H,14,17)(H,18,19). The minimum Gasteiger partial charge on any atom is -0.481 e. The van der Waals surface area contributed by atoms with Crippen LogP contribution in [0.15, 0.2) is 6.20 Å². The molecule has 1 aromatic rings. The van der Waals surface area contributed by atoms with E-state index in [0.717, 1.165) is 0 Å². The van der Waals surface area contributed by atoms with Crippen molar-refractivity contribution in [3.05, 3.63) is 22.1 Å². The van der Waals surface area contributed by atoms with Crippen LogP contribution in [0.3, 0.4) is 0 Å². The summed E-state index contributed by atoms with van der Waals surface area (Å²) in [4.78, 5) is 36.2. The van der Waals surface area contributed by atoms with Gasteiger partial charge in [-0.25, -0.2) is 0 Å². The molecule has 1 aromatic heterocycles. The minimum absolute atomic E-state index is 0.0527. The number of amides is 1. The molecular weight excluding hydrogens is 280 g/mol. The lowest BCUT2D eigenvalue weighted by molar-refractivity contribution is -0.389. The summed E-state index contributed by atoms with van der Waals surface area (Å²) >= 11 is 0. The van der Waals surface area contributed by atoms with Crippen molar-refractivity contribution in [1.29, 1.82) is 0 Å². The van der Waals surface area contributed by atoms with Gasteiger partial charge >= 0.3 is 11.8 Å². The fourth-order valence-electron chi connectivity index (χ4n) is 1.79. The van der Waals surface area contributed by atoms with Crippen molar-refractivity contribution in [2.45, 2.75) is 45.7 Å². The average Bonchev–Trinajstić information content (AvgIpc) is 2.68. The van der Waals surface area contributed by atoms with Crippen LogP contribution in [0.5, 0.6) is 0 Å². The number of aryl methyl sites for hydroxylation is 1. The van der Waals surface area contributed by atoms with Gasteiger partial charge in [-0.1, -0.05) is 0 Å². The number of aliphatic carboxylic acids is 1. The molecule has 0 aliphatic heterocycles. The SMILES string of the molecule is Cc1nc([N+](=O)[O-])cn1CC(=O)NC(C)(C)CCC(=O)O. The van der Waals surface area contributed by atoms with Crippen LogP contribution in [0.2, 0.25) is 0 Å². The molecule has 0 aliphatic carbocycles. The fraction of sp³-hybridized carbons (Fsp3) is 0.583. The summed E-state index contributed by atoms with van der Waals surface area (Å²) < 4.78 is 1.38. The number of carbonyl (C=O) groups excluding carboxylic acids is 1. The van der Waals surface area contributed by atoms with Crippen molar-refractivity contribution < 1.29 is 19.6 Å². The molecule has 0 aliphatic rings. The Hall–Kier alpha value is -2.45. The summed E-state index contributed by atoms with van der Waals surface area (Å²) in [6, 6.07) is 0. The second kappa shape index (κ2) is 6.33. The topological polar surface area (TPSA) is 127 Å². The zero-order chi connectivity index (χ0) is 16.2. The van der Waals surface area contributed by atoms with Crippen LogP contribution in [0.25, 0.3) is 0 Å². The third-order valence-electron chi connectivity index (χ3n) is 2.91. The van der Waals surface area contributed by atoms with Crippen LogP contribution in [-0.2, 0) is 16.1 Å². The van der Waals surface area contributed by atoms with Gasteiger partial charge in [-0.15, -0.1) is 0 Å². The van der Waals surface area contributed by atoms with Crippen LogP contribution >= 0.6 is 0 Å². The van der Waals surface area contributed by atoms with E-state index in [-0.39, 0.29) is 31.1 Å². The van der Waals surface area contributed by atoms with Crippen molar-refractivity contribution in [2.75, 3.05) is 0 Å². The molecule has 116 valence electrons. The van der Waals surface area contributed by atoms with Gasteiger partial charge in [0.15, 0.2) is 0 Å². The highest BCUT2D eigenvalue weighted by atomic mass is 16.6. The van der Waals surface area contributed by atoms with E-state index in [9.17, 15) is 19.7 Å². The van der Waals surface area contributed by atoms with Crippen molar-refractivity contribution in [3.63, 3.8) is 0 Å². The quantitative estimate of drug-likeness (QED) is 0.567. The van der Waals surface area contributed by atoms with E-state index in [1.807, 2.05) is 0 Å². The Bertz CT molecular complexity index is 564. The van der Waals surface area contributed by atoms with Crippen LogP contribution < -0.4 is 5.32 Å². The second-order valence-corrected chi connectivity index (χ2v) is 5.36. The number of hydrogen-bond donors (Lipinski definition) is 2. The maximum Gasteiger partial charge on any atom is 0.381 e. The van der Waals surface area contributed by atoms with Gasteiger partial charge in [0.2, 0.25) is 11.7 Å². The molecule has 0 unspecified atom stereocenters. The molecule has 9 nitrogen and oxygen atoms in total. The molecule has 0 radical (unpaired) electrons. The van der Waals surface area contributed by atoms with Crippen molar-refractivity contribution >= 4 is 17.7 Å². The van der Waals surface area contributed by atoms with Gasteiger partial charge in [0.1, 0.15) is 12.7 Å². The Morgan fingerprint density at radius 2 is 2.14 bits per heavy atom. The third-order valence-corrected chi connectivity index (χ3v) is 2.91. The van der Waals surface area contributed by atoms with Gasteiger partial charge < -0.3 is 20.5 Å². The van der Waals surface area contributed by atoms with Crippen LogP contribution in [0, 0.1) is 17.0 Å². The number of nitro groups is 1. The maximum atomic E-state index is 11.9. The monoisotopic (exact) mass is 298 g/mol. The molecule has 0 saturated carbocycles. The van der Waals surface area contributed by atoms with Crippen molar-refractivity contribution in [2.24, 2.45) is 0 Å². The summed E-state index contributed by atoms with van der Waals surface area (Å²) in [7, 11) is 0. The van der Waals surface area contributed by atoms with E-state index < -0.39 is 16.4 Å². The van der Waals surface area contributed by atoms with Gasteiger partial charge in [-0.3, -0.25) is 14.2 Å². The predicted molar refractivity (Wildman–Crippen MR) is 72.7 cm³/mol. The Kier molecular flexibility index (Phi) is 5.01. The van der Waals surface area contributed by atoms with Gasteiger partial charge in [0.25, 0.3) is 0 Å². The van der Waals surface area contributed by atoms with Gasteiger partial charge in [0.05, 0.1) is 0 Å². The number of hydrogen-bond acceptors (Lipinski definition) is 5. The molecule has 0 aromatic carbocycles. The molecular formula is C12H18N4O5. The largest absolute Gasteiger partial charge is 0.481 e. The second-order valence-electron chi connectivity index (χ2n) is 5.36. The first-order chi connectivity index (χ1) is 9.60. The molecule has 2 N–H and O–H groups in total. The molecule has 1 heterocycles. The van der Waals surface area contributed by atoms with Crippen LogP contribution in [-0.4, -0.2) is 37.0 Å². The highest BCUT2D eigenvalue weighted by Gasteiger charge is 2.23. The Morgan fingerprint density at radius 3 is 2.62 bits per heavy atom. The summed E-state index contributed by atoms with van der Waals surface area (Å²) in [6.45, 7) is 4.90. The number of aromatic nitrogens is 2. The highest BCUT2D eigenvalue weighted by Crippen LogP contribution is 2.13. The smallest absolute Gasteiger partial charge is 0.381 e.